The van der Waals surface area contributed by atoms with Crippen LogP contribution in [0.4, 0.5) is 13.6 Å². The standard InChI is InChI=1S/C20H31F2N3O3/c1-12-9-15-14(11-24(12)17(26)28-18(2,3)4)16-20(21,22)8-7-13(19(5,6)27)10-25(16)23-15/h12-13,27H,7-11H2,1-6H3/t12-,13+/m1/s1. The van der Waals surface area contributed by atoms with Crippen LogP contribution in [0.2, 0.25) is 0 Å². The van der Waals surface area contributed by atoms with Crippen LogP contribution < -0.4 is 0 Å². The normalized spacial score (nSPS) is 25.0. The van der Waals surface area contributed by atoms with Gasteiger partial charge in [0.1, 0.15) is 11.3 Å². The molecule has 0 fully saturated rings. The predicted molar refractivity (Wildman–Crippen MR) is 100 cm³/mol. The first kappa shape index (κ1) is 21.0. The molecule has 0 saturated heterocycles. The van der Waals surface area contributed by atoms with Crippen LogP contribution in [0.1, 0.15) is 71.3 Å². The van der Waals surface area contributed by atoms with E-state index in [1.807, 2.05) is 6.92 Å². The molecule has 6 nitrogen and oxygen atoms in total. The summed E-state index contributed by atoms with van der Waals surface area (Å²) < 4.78 is 36.9. The minimum Gasteiger partial charge on any atom is -0.444 e. The van der Waals surface area contributed by atoms with Crippen molar-refractivity contribution in [2.45, 2.75) is 97.1 Å². The molecule has 1 amide bonds. The first-order chi connectivity index (χ1) is 12.7. The molecule has 0 bridgehead atoms. The summed E-state index contributed by atoms with van der Waals surface area (Å²) in [7, 11) is 0. The summed E-state index contributed by atoms with van der Waals surface area (Å²) in [6, 6.07) is -0.194. The fraction of sp³-hybridized carbons (Fsp3) is 0.800. The van der Waals surface area contributed by atoms with Crippen molar-refractivity contribution >= 4 is 6.09 Å². The van der Waals surface area contributed by atoms with E-state index in [0.29, 0.717) is 17.7 Å². The highest BCUT2D eigenvalue weighted by molar-refractivity contribution is 5.69. The number of carbonyl (C=O) groups is 1. The van der Waals surface area contributed by atoms with E-state index in [0.717, 1.165) is 0 Å². The van der Waals surface area contributed by atoms with Gasteiger partial charge >= 0.3 is 6.09 Å². The Hall–Kier alpha value is -1.70. The van der Waals surface area contributed by atoms with Gasteiger partial charge in [0.25, 0.3) is 5.92 Å². The number of alkyl halides is 2. The molecule has 28 heavy (non-hydrogen) atoms. The molecule has 3 rings (SSSR count). The summed E-state index contributed by atoms with van der Waals surface area (Å²) in [5.41, 5.74) is -0.810. The molecular formula is C20H31F2N3O3. The van der Waals surface area contributed by atoms with Crippen molar-refractivity contribution in [3.63, 3.8) is 0 Å². The smallest absolute Gasteiger partial charge is 0.410 e. The summed E-state index contributed by atoms with van der Waals surface area (Å²) in [6.07, 6.45) is -0.239. The molecule has 1 aromatic heterocycles. The van der Waals surface area contributed by atoms with Crippen LogP contribution in [-0.4, -0.2) is 43.1 Å². The Balaban J connectivity index is 1.97. The van der Waals surface area contributed by atoms with E-state index >= 15 is 8.78 Å². The molecule has 1 N–H and O–H groups in total. The SMILES string of the molecule is C[C@@H]1Cc2nn3c(c2CN1C(=O)OC(C)(C)C)C(F)(F)CC[C@H](C(C)(C)O)C3. The number of rotatable bonds is 1. The summed E-state index contributed by atoms with van der Waals surface area (Å²) in [4.78, 5) is 14.1. The van der Waals surface area contributed by atoms with Crippen molar-refractivity contribution < 1.29 is 23.4 Å². The first-order valence-electron chi connectivity index (χ1n) is 9.88. The van der Waals surface area contributed by atoms with Gasteiger partial charge in [0.15, 0.2) is 0 Å². The second-order valence-corrected chi connectivity index (χ2v) is 9.71. The minimum absolute atomic E-state index is 0.0590. The van der Waals surface area contributed by atoms with Crippen LogP contribution in [-0.2, 0) is 30.2 Å². The molecule has 2 aliphatic rings. The average molecular weight is 399 g/mol. The van der Waals surface area contributed by atoms with Gasteiger partial charge in [-0.2, -0.15) is 13.9 Å². The van der Waals surface area contributed by atoms with Crippen molar-refractivity contribution in [3.8, 4) is 0 Å². The second-order valence-electron chi connectivity index (χ2n) is 9.71. The lowest BCUT2D eigenvalue weighted by Gasteiger charge is -2.35. The number of amides is 1. The summed E-state index contributed by atoms with van der Waals surface area (Å²) in [6.45, 7) is 10.8. The van der Waals surface area contributed by atoms with E-state index in [9.17, 15) is 9.90 Å². The summed E-state index contributed by atoms with van der Waals surface area (Å²) in [5.74, 6) is -3.37. The van der Waals surface area contributed by atoms with E-state index in [-0.39, 0.29) is 43.6 Å². The highest BCUT2D eigenvalue weighted by atomic mass is 19.3. The zero-order valence-electron chi connectivity index (χ0n) is 17.6. The first-order valence-corrected chi connectivity index (χ1v) is 9.88. The maximum Gasteiger partial charge on any atom is 0.410 e. The molecule has 0 aromatic carbocycles. The van der Waals surface area contributed by atoms with Crippen molar-refractivity contribution in [3.05, 3.63) is 17.0 Å². The molecule has 158 valence electrons. The minimum atomic E-state index is -3.05. The zero-order valence-corrected chi connectivity index (χ0v) is 17.6. The van der Waals surface area contributed by atoms with Crippen LogP contribution in [0.15, 0.2) is 0 Å². The lowest BCUT2D eigenvalue weighted by Crippen LogP contribution is -2.45. The Kier molecular flexibility index (Phi) is 5.01. The van der Waals surface area contributed by atoms with Crippen molar-refractivity contribution in [1.29, 1.82) is 0 Å². The van der Waals surface area contributed by atoms with Gasteiger partial charge in [-0.1, -0.05) is 0 Å². The van der Waals surface area contributed by atoms with Crippen LogP contribution in [0.5, 0.6) is 0 Å². The Labute approximate surface area is 164 Å². The number of aliphatic hydroxyl groups is 1. The topological polar surface area (TPSA) is 67.6 Å². The van der Waals surface area contributed by atoms with Crippen molar-refractivity contribution in [1.82, 2.24) is 14.7 Å². The fourth-order valence-electron chi connectivity index (χ4n) is 4.05. The number of ether oxygens (including phenoxy) is 1. The maximum absolute atomic E-state index is 15.1. The highest BCUT2D eigenvalue weighted by Gasteiger charge is 2.46. The Morgan fingerprint density at radius 2 is 1.93 bits per heavy atom. The van der Waals surface area contributed by atoms with Gasteiger partial charge in [-0.3, -0.25) is 4.68 Å². The molecule has 8 heteroatoms. The Bertz CT molecular complexity index is 762. The number of hydrogen-bond acceptors (Lipinski definition) is 4. The number of hydrogen-bond donors (Lipinski definition) is 1. The van der Waals surface area contributed by atoms with Gasteiger partial charge in [-0.05, 0) is 48.0 Å². The zero-order chi connectivity index (χ0) is 21.1. The molecule has 0 aliphatic carbocycles. The largest absolute Gasteiger partial charge is 0.444 e. The Morgan fingerprint density at radius 3 is 2.50 bits per heavy atom. The number of aromatic nitrogens is 2. The van der Waals surface area contributed by atoms with Gasteiger partial charge in [-0.15, -0.1) is 0 Å². The van der Waals surface area contributed by atoms with E-state index in [1.54, 1.807) is 34.6 Å². The third-order valence-corrected chi connectivity index (χ3v) is 5.66. The van der Waals surface area contributed by atoms with E-state index in [1.165, 1.54) is 9.58 Å². The number of fused-ring (bicyclic) bond motifs is 3. The maximum atomic E-state index is 15.1. The van der Waals surface area contributed by atoms with E-state index in [2.05, 4.69) is 5.10 Å². The molecular weight excluding hydrogens is 368 g/mol. The number of halogens is 2. The van der Waals surface area contributed by atoms with Gasteiger partial charge in [-0.25, -0.2) is 4.79 Å². The number of carbonyl (C=O) groups excluding carboxylic acids is 1. The number of nitrogens with zero attached hydrogens (tertiary/aromatic N) is 3. The Morgan fingerprint density at radius 1 is 1.29 bits per heavy atom. The van der Waals surface area contributed by atoms with Gasteiger partial charge < -0.3 is 14.7 Å². The van der Waals surface area contributed by atoms with Gasteiger partial charge in [0.2, 0.25) is 0 Å². The monoisotopic (exact) mass is 399 g/mol. The molecule has 0 radical (unpaired) electrons. The summed E-state index contributed by atoms with van der Waals surface area (Å²) >= 11 is 0. The molecule has 0 saturated carbocycles. The quantitative estimate of drug-likeness (QED) is 0.779. The van der Waals surface area contributed by atoms with Crippen LogP contribution in [0, 0.1) is 5.92 Å². The van der Waals surface area contributed by atoms with Crippen molar-refractivity contribution in [2.75, 3.05) is 0 Å². The average Bonchev–Trinajstić information content (AvgIpc) is 2.78. The predicted octanol–water partition coefficient (Wildman–Crippen LogP) is 3.84. The van der Waals surface area contributed by atoms with E-state index < -0.39 is 23.2 Å². The lowest BCUT2D eigenvalue weighted by molar-refractivity contribution is -0.0342. The van der Waals surface area contributed by atoms with Gasteiger partial charge in [0.05, 0.1) is 17.8 Å². The molecule has 2 aliphatic heterocycles. The lowest BCUT2D eigenvalue weighted by atomic mass is 9.86. The third-order valence-electron chi connectivity index (χ3n) is 5.66. The molecule has 0 unspecified atom stereocenters. The molecule has 3 heterocycles. The van der Waals surface area contributed by atoms with Crippen LogP contribution in [0.3, 0.4) is 0 Å². The summed E-state index contributed by atoms with van der Waals surface area (Å²) in [5, 5.41) is 14.9. The van der Waals surface area contributed by atoms with E-state index in [4.69, 9.17) is 4.74 Å². The third kappa shape index (κ3) is 4.02. The molecule has 1 aromatic rings. The molecule has 0 spiro atoms. The van der Waals surface area contributed by atoms with Crippen LogP contribution >= 0.6 is 0 Å². The second kappa shape index (κ2) is 6.68. The molecule has 2 atom stereocenters. The van der Waals surface area contributed by atoms with Gasteiger partial charge in [0, 0.05) is 36.9 Å². The van der Waals surface area contributed by atoms with Crippen molar-refractivity contribution in [2.24, 2.45) is 5.92 Å². The fourth-order valence-corrected chi connectivity index (χ4v) is 4.05. The highest BCUT2D eigenvalue weighted by Crippen LogP contribution is 2.44. The van der Waals surface area contributed by atoms with Crippen LogP contribution in [0.25, 0.3) is 0 Å².